The van der Waals surface area contributed by atoms with Crippen molar-refractivity contribution >= 4 is 39.1 Å². The zero-order chi connectivity index (χ0) is 22.3. The van der Waals surface area contributed by atoms with Gasteiger partial charge in [0.05, 0.1) is 18.3 Å². The van der Waals surface area contributed by atoms with Crippen LogP contribution in [0.1, 0.15) is 39.0 Å². The van der Waals surface area contributed by atoms with Gasteiger partial charge in [-0.2, -0.15) is 11.8 Å². The largest absolute Gasteiger partial charge is 0.495 e. The van der Waals surface area contributed by atoms with Gasteiger partial charge < -0.3 is 10.1 Å². The molecular weight excluding hydrogens is 430 g/mol. The van der Waals surface area contributed by atoms with Crippen LogP contribution in [-0.4, -0.2) is 56.2 Å². The van der Waals surface area contributed by atoms with Gasteiger partial charge in [0.15, 0.2) is 0 Å². The number of nitrogens with one attached hydrogen (secondary N) is 1. The van der Waals surface area contributed by atoms with E-state index in [0.717, 1.165) is 22.4 Å². The molecule has 1 aromatic carbocycles. The van der Waals surface area contributed by atoms with Crippen LogP contribution in [0.2, 0.25) is 0 Å². The van der Waals surface area contributed by atoms with E-state index in [4.69, 9.17) is 4.74 Å². The molecule has 1 aliphatic carbocycles. The second-order valence-electron chi connectivity index (χ2n) is 7.16. The summed E-state index contributed by atoms with van der Waals surface area (Å²) >= 11 is 1.83. The van der Waals surface area contributed by atoms with Crippen molar-refractivity contribution in [2.75, 3.05) is 30.0 Å². The van der Waals surface area contributed by atoms with Crippen molar-refractivity contribution in [1.82, 2.24) is 5.32 Å². The monoisotopic (exact) mass is 459 g/mol. The minimum absolute atomic E-state index is 0.0310. The number of non-ortho nitro benzene ring substituents is 1. The van der Waals surface area contributed by atoms with Gasteiger partial charge in [-0.3, -0.25) is 19.2 Å². The summed E-state index contributed by atoms with van der Waals surface area (Å²) < 4.78 is 31.3. The number of carbonyl (C=O) groups is 1. The standard InChI is InChI=1S/C19H29N3O6S2/c1-4-16(19(23)20-11-12-29-15-7-5-6-8-15)21(30(3,26)27)17-13-14(22(24)25)9-10-18(17)28-2/h9-10,13,15-16H,4-8,11-12H2,1-3H3,(H,20,23)/t16-/m0/s1. The lowest BCUT2D eigenvalue weighted by Crippen LogP contribution is -2.49. The number of nitrogens with zero attached hydrogens (tertiary/aromatic N) is 2. The summed E-state index contributed by atoms with van der Waals surface area (Å²) in [6.45, 7) is 2.12. The first kappa shape index (κ1) is 24.3. The van der Waals surface area contributed by atoms with Crippen LogP contribution in [0, 0.1) is 10.1 Å². The molecule has 9 nitrogen and oxygen atoms in total. The smallest absolute Gasteiger partial charge is 0.271 e. The van der Waals surface area contributed by atoms with Crippen molar-refractivity contribution in [2.24, 2.45) is 0 Å². The number of anilines is 1. The lowest BCUT2D eigenvalue weighted by atomic mass is 10.1. The second-order valence-corrected chi connectivity index (χ2v) is 10.4. The van der Waals surface area contributed by atoms with Crippen LogP contribution in [0.3, 0.4) is 0 Å². The number of hydrogen-bond acceptors (Lipinski definition) is 7. The first-order valence-electron chi connectivity index (χ1n) is 9.90. The van der Waals surface area contributed by atoms with Gasteiger partial charge in [0.25, 0.3) is 5.69 Å². The fraction of sp³-hybridized carbons (Fsp3) is 0.632. The number of sulfonamides is 1. The van der Waals surface area contributed by atoms with Crippen molar-refractivity contribution in [2.45, 2.75) is 50.3 Å². The first-order valence-corrected chi connectivity index (χ1v) is 12.8. The Morgan fingerprint density at radius 1 is 1.40 bits per heavy atom. The van der Waals surface area contributed by atoms with Crippen LogP contribution < -0.4 is 14.4 Å². The van der Waals surface area contributed by atoms with Crippen molar-refractivity contribution in [1.29, 1.82) is 0 Å². The molecule has 0 heterocycles. The Hall–Kier alpha value is -2.01. The van der Waals surface area contributed by atoms with Crippen molar-refractivity contribution in [3.05, 3.63) is 28.3 Å². The molecule has 0 aromatic heterocycles. The zero-order valence-electron chi connectivity index (χ0n) is 17.5. The molecule has 0 bridgehead atoms. The van der Waals surface area contributed by atoms with E-state index in [1.54, 1.807) is 6.92 Å². The van der Waals surface area contributed by atoms with E-state index in [-0.39, 0.29) is 23.5 Å². The Balaban J connectivity index is 2.22. The fourth-order valence-corrected chi connectivity index (χ4v) is 6.00. The van der Waals surface area contributed by atoms with E-state index < -0.39 is 26.9 Å². The molecule has 1 saturated carbocycles. The number of amides is 1. The number of methoxy groups -OCH3 is 1. The quantitative estimate of drug-likeness (QED) is 0.307. The van der Waals surface area contributed by atoms with Gasteiger partial charge in [0.1, 0.15) is 17.5 Å². The highest BCUT2D eigenvalue weighted by Crippen LogP contribution is 2.35. The average Bonchev–Trinajstić information content (AvgIpc) is 3.21. The lowest BCUT2D eigenvalue weighted by Gasteiger charge is -2.31. The summed E-state index contributed by atoms with van der Waals surface area (Å²) in [5, 5.41) is 14.6. The van der Waals surface area contributed by atoms with Crippen molar-refractivity contribution in [3.63, 3.8) is 0 Å². The number of rotatable bonds is 11. The number of nitro groups is 1. The molecule has 0 aliphatic heterocycles. The van der Waals surface area contributed by atoms with Gasteiger partial charge in [-0.1, -0.05) is 19.8 Å². The van der Waals surface area contributed by atoms with E-state index in [1.807, 2.05) is 11.8 Å². The van der Waals surface area contributed by atoms with Crippen LogP contribution in [0.25, 0.3) is 0 Å². The Labute approximate surface area is 181 Å². The van der Waals surface area contributed by atoms with Gasteiger partial charge in [-0.05, 0) is 25.3 Å². The summed E-state index contributed by atoms with van der Waals surface area (Å²) in [6.07, 6.45) is 6.06. The first-order chi connectivity index (χ1) is 14.2. The molecule has 0 saturated heterocycles. The molecular formula is C19H29N3O6S2. The third-order valence-electron chi connectivity index (χ3n) is 5.00. The predicted molar refractivity (Wildman–Crippen MR) is 119 cm³/mol. The molecule has 168 valence electrons. The van der Waals surface area contributed by atoms with Crippen LogP contribution >= 0.6 is 11.8 Å². The number of benzene rings is 1. The summed E-state index contributed by atoms with van der Waals surface area (Å²) in [5.41, 5.74) is -0.320. The molecule has 1 amide bonds. The predicted octanol–water partition coefficient (Wildman–Crippen LogP) is 2.94. The second kappa shape index (κ2) is 10.9. The Bertz CT molecular complexity index is 856. The molecule has 30 heavy (non-hydrogen) atoms. The molecule has 1 aromatic rings. The van der Waals surface area contributed by atoms with E-state index in [9.17, 15) is 23.3 Å². The lowest BCUT2D eigenvalue weighted by molar-refractivity contribution is -0.384. The molecule has 1 fully saturated rings. The maximum absolute atomic E-state index is 12.8. The number of ether oxygens (including phenoxy) is 1. The van der Waals surface area contributed by atoms with Gasteiger partial charge >= 0.3 is 0 Å². The van der Waals surface area contributed by atoms with E-state index >= 15 is 0 Å². The highest BCUT2D eigenvalue weighted by Gasteiger charge is 2.34. The number of nitro benzene ring substituents is 1. The number of hydrogen-bond donors (Lipinski definition) is 1. The third-order valence-corrected chi connectivity index (χ3v) is 7.55. The molecule has 0 unspecified atom stereocenters. The maximum atomic E-state index is 12.8. The summed E-state index contributed by atoms with van der Waals surface area (Å²) in [6, 6.07) is 2.62. The third kappa shape index (κ3) is 6.24. The van der Waals surface area contributed by atoms with Gasteiger partial charge in [-0.15, -0.1) is 0 Å². The number of carbonyl (C=O) groups excluding carboxylic acids is 1. The van der Waals surface area contributed by atoms with Gasteiger partial charge in [0, 0.05) is 29.7 Å². The zero-order valence-corrected chi connectivity index (χ0v) is 19.1. The normalized spacial score (nSPS) is 15.6. The molecule has 2 rings (SSSR count). The maximum Gasteiger partial charge on any atom is 0.271 e. The highest BCUT2D eigenvalue weighted by molar-refractivity contribution is 7.99. The topological polar surface area (TPSA) is 119 Å². The highest BCUT2D eigenvalue weighted by atomic mass is 32.2. The van der Waals surface area contributed by atoms with Crippen LogP contribution in [-0.2, 0) is 14.8 Å². The SMILES string of the molecule is CC[C@@H](C(=O)NCCSC1CCCC1)N(c1cc([N+](=O)[O-])ccc1OC)S(C)(=O)=O. The van der Waals surface area contributed by atoms with Crippen LogP contribution in [0.4, 0.5) is 11.4 Å². The van der Waals surface area contributed by atoms with Gasteiger partial charge in [0.2, 0.25) is 15.9 Å². The Morgan fingerprint density at radius 3 is 2.60 bits per heavy atom. The van der Waals surface area contributed by atoms with Crippen LogP contribution in [0.5, 0.6) is 5.75 Å². The molecule has 0 spiro atoms. The van der Waals surface area contributed by atoms with Gasteiger partial charge in [-0.25, -0.2) is 8.42 Å². The van der Waals surface area contributed by atoms with Crippen LogP contribution in [0.15, 0.2) is 18.2 Å². The fourth-order valence-electron chi connectivity index (χ4n) is 3.57. The summed E-state index contributed by atoms with van der Waals surface area (Å²) in [4.78, 5) is 23.4. The van der Waals surface area contributed by atoms with E-state index in [0.29, 0.717) is 11.8 Å². The minimum atomic E-state index is -3.93. The van der Waals surface area contributed by atoms with Crippen molar-refractivity contribution < 1.29 is 22.9 Å². The molecule has 1 N–H and O–H groups in total. The average molecular weight is 460 g/mol. The number of thioether (sulfide) groups is 1. The summed E-state index contributed by atoms with van der Waals surface area (Å²) in [5.74, 6) is 0.448. The van der Waals surface area contributed by atoms with E-state index in [1.165, 1.54) is 44.9 Å². The Morgan fingerprint density at radius 2 is 2.07 bits per heavy atom. The molecule has 0 radical (unpaired) electrons. The Kier molecular flexibility index (Phi) is 8.78. The van der Waals surface area contributed by atoms with Crippen molar-refractivity contribution in [3.8, 4) is 5.75 Å². The molecule has 11 heteroatoms. The van der Waals surface area contributed by atoms with E-state index in [2.05, 4.69) is 5.32 Å². The summed E-state index contributed by atoms with van der Waals surface area (Å²) in [7, 11) is -2.59. The molecule has 1 atom stereocenters. The minimum Gasteiger partial charge on any atom is -0.495 e. The molecule has 1 aliphatic rings.